The van der Waals surface area contributed by atoms with E-state index in [1.54, 1.807) is 0 Å². The second-order valence-corrected chi connectivity index (χ2v) is 6.62. The van der Waals surface area contributed by atoms with Gasteiger partial charge in [-0.2, -0.15) is 0 Å². The summed E-state index contributed by atoms with van der Waals surface area (Å²) in [4.78, 5) is 0. The van der Waals surface area contributed by atoms with E-state index in [4.69, 9.17) is 0 Å². The summed E-state index contributed by atoms with van der Waals surface area (Å²) in [5.74, 6) is -2.03. The first-order valence-corrected chi connectivity index (χ1v) is 7.14. The second-order valence-electron chi connectivity index (χ2n) is 6.62. The zero-order valence-corrected chi connectivity index (χ0v) is 11.4. The zero-order chi connectivity index (χ0) is 13.4. The van der Waals surface area contributed by atoms with Gasteiger partial charge >= 0.3 is 0 Å². The van der Waals surface area contributed by atoms with Crippen molar-refractivity contribution in [1.82, 2.24) is 5.32 Å². The molecular formula is C14H25F2NO. The first kappa shape index (κ1) is 14.2. The summed E-state index contributed by atoms with van der Waals surface area (Å²) in [5, 5.41) is 13.5. The molecule has 0 saturated heterocycles. The summed E-state index contributed by atoms with van der Waals surface area (Å²) in [6.07, 6.45) is 3.73. The molecule has 0 bridgehead atoms. The van der Waals surface area contributed by atoms with E-state index in [1.807, 2.05) is 6.92 Å². The van der Waals surface area contributed by atoms with Crippen molar-refractivity contribution in [3.8, 4) is 0 Å². The lowest BCUT2D eigenvalue weighted by molar-refractivity contribution is -0.0452. The molecular weight excluding hydrogens is 236 g/mol. The summed E-state index contributed by atoms with van der Waals surface area (Å²) in [6, 6.07) is 0.613. The van der Waals surface area contributed by atoms with Crippen molar-refractivity contribution in [2.45, 2.75) is 82.4 Å². The van der Waals surface area contributed by atoms with Crippen molar-refractivity contribution < 1.29 is 13.9 Å². The third-order valence-electron chi connectivity index (χ3n) is 4.61. The molecule has 0 aromatic heterocycles. The first-order chi connectivity index (χ1) is 8.27. The van der Waals surface area contributed by atoms with Gasteiger partial charge in [-0.15, -0.1) is 0 Å². The van der Waals surface area contributed by atoms with Crippen molar-refractivity contribution in [3.63, 3.8) is 0 Å². The summed E-state index contributed by atoms with van der Waals surface area (Å²) in [5.41, 5.74) is -0.544. The highest BCUT2D eigenvalue weighted by atomic mass is 19.3. The molecule has 106 valence electrons. The van der Waals surface area contributed by atoms with Gasteiger partial charge in [0.05, 0.1) is 5.60 Å². The van der Waals surface area contributed by atoms with Crippen LogP contribution in [0.4, 0.5) is 8.78 Å². The summed E-state index contributed by atoms with van der Waals surface area (Å²) in [7, 11) is 0. The number of rotatable bonds is 2. The third-order valence-corrected chi connectivity index (χ3v) is 4.61. The second kappa shape index (κ2) is 5.04. The predicted octanol–water partition coefficient (Wildman–Crippen LogP) is 3.09. The van der Waals surface area contributed by atoms with E-state index in [-0.39, 0.29) is 18.9 Å². The van der Waals surface area contributed by atoms with Crippen molar-refractivity contribution in [3.05, 3.63) is 0 Å². The molecule has 4 heteroatoms. The molecule has 18 heavy (non-hydrogen) atoms. The highest BCUT2D eigenvalue weighted by Crippen LogP contribution is 2.36. The lowest BCUT2D eigenvalue weighted by Crippen LogP contribution is -2.50. The Balaban J connectivity index is 1.81. The average Bonchev–Trinajstić information content (AvgIpc) is 2.24. The Hall–Kier alpha value is -0.220. The van der Waals surface area contributed by atoms with E-state index < -0.39 is 11.5 Å². The molecule has 2 saturated carbocycles. The molecule has 2 N–H and O–H groups in total. The monoisotopic (exact) mass is 261 g/mol. The Labute approximate surface area is 108 Å². The normalized spacial score (nSPS) is 41.8. The molecule has 2 aliphatic carbocycles. The molecule has 0 radical (unpaired) electrons. The quantitative estimate of drug-likeness (QED) is 0.800. The van der Waals surface area contributed by atoms with Crippen LogP contribution in [0.1, 0.15) is 58.8 Å². The Kier molecular flexibility index (Phi) is 3.98. The molecule has 0 spiro atoms. The number of halogens is 2. The first-order valence-electron chi connectivity index (χ1n) is 7.14. The van der Waals surface area contributed by atoms with Gasteiger partial charge in [-0.1, -0.05) is 6.92 Å². The van der Waals surface area contributed by atoms with Gasteiger partial charge in [-0.25, -0.2) is 8.78 Å². The van der Waals surface area contributed by atoms with Crippen LogP contribution in [0.25, 0.3) is 0 Å². The molecule has 2 nitrogen and oxygen atoms in total. The van der Waals surface area contributed by atoms with E-state index in [0.717, 1.165) is 19.3 Å². The molecule has 0 aromatic rings. The minimum absolute atomic E-state index is 0.0173. The molecule has 2 rings (SSSR count). The number of hydrogen-bond acceptors (Lipinski definition) is 2. The molecule has 0 aromatic carbocycles. The van der Waals surface area contributed by atoms with Crippen LogP contribution in [0.5, 0.6) is 0 Å². The van der Waals surface area contributed by atoms with Gasteiger partial charge in [0.2, 0.25) is 5.92 Å². The molecule has 3 atom stereocenters. The van der Waals surface area contributed by atoms with Crippen molar-refractivity contribution in [2.24, 2.45) is 5.92 Å². The van der Waals surface area contributed by atoms with Crippen LogP contribution in [0.2, 0.25) is 0 Å². The molecule has 0 unspecified atom stereocenters. The maximum Gasteiger partial charge on any atom is 0.248 e. The zero-order valence-electron chi connectivity index (χ0n) is 11.4. The lowest BCUT2D eigenvalue weighted by Gasteiger charge is -2.41. The van der Waals surface area contributed by atoms with Crippen LogP contribution in [0.3, 0.4) is 0 Å². The van der Waals surface area contributed by atoms with Crippen LogP contribution < -0.4 is 5.32 Å². The standard InChI is InChI=1S/C14H25F2NO/c1-10-9-13(2,18)6-5-12(10)17-11-3-7-14(15,16)8-4-11/h10-12,17-18H,3-9H2,1-2H3/t10-,12-,13+/m0/s1. The minimum atomic E-state index is -2.44. The van der Waals surface area contributed by atoms with Crippen LogP contribution in [-0.2, 0) is 0 Å². The van der Waals surface area contributed by atoms with Gasteiger partial charge in [0, 0.05) is 24.9 Å². The van der Waals surface area contributed by atoms with Gasteiger partial charge in [0.25, 0.3) is 0 Å². The van der Waals surface area contributed by atoms with Gasteiger partial charge in [-0.05, 0) is 44.9 Å². The van der Waals surface area contributed by atoms with Crippen LogP contribution in [0, 0.1) is 5.92 Å². The van der Waals surface area contributed by atoms with Crippen molar-refractivity contribution in [2.75, 3.05) is 0 Å². The predicted molar refractivity (Wildman–Crippen MR) is 67.8 cm³/mol. The largest absolute Gasteiger partial charge is 0.390 e. The van der Waals surface area contributed by atoms with Crippen molar-refractivity contribution >= 4 is 0 Å². The Morgan fingerprint density at radius 1 is 1.11 bits per heavy atom. The molecule has 2 fully saturated rings. The van der Waals surface area contributed by atoms with Gasteiger partial charge in [0.15, 0.2) is 0 Å². The lowest BCUT2D eigenvalue weighted by atomic mass is 9.76. The summed E-state index contributed by atoms with van der Waals surface area (Å²) < 4.78 is 26.1. The molecule has 0 amide bonds. The average molecular weight is 261 g/mol. The Morgan fingerprint density at radius 3 is 2.28 bits per heavy atom. The summed E-state index contributed by atoms with van der Waals surface area (Å²) in [6.45, 7) is 4.03. The van der Waals surface area contributed by atoms with Crippen molar-refractivity contribution in [1.29, 1.82) is 0 Å². The highest BCUT2D eigenvalue weighted by molar-refractivity contribution is 4.92. The van der Waals surface area contributed by atoms with E-state index >= 15 is 0 Å². The maximum absolute atomic E-state index is 13.1. The Bertz CT molecular complexity index is 284. The van der Waals surface area contributed by atoms with Gasteiger partial charge in [0.1, 0.15) is 0 Å². The number of nitrogens with one attached hydrogen (secondary N) is 1. The van der Waals surface area contributed by atoms with Crippen LogP contribution in [0.15, 0.2) is 0 Å². The highest BCUT2D eigenvalue weighted by Gasteiger charge is 2.38. The third kappa shape index (κ3) is 3.64. The fraction of sp³-hybridized carbons (Fsp3) is 1.00. The number of hydrogen-bond donors (Lipinski definition) is 2. The summed E-state index contributed by atoms with van der Waals surface area (Å²) >= 11 is 0. The van der Waals surface area contributed by atoms with E-state index in [0.29, 0.717) is 24.8 Å². The maximum atomic E-state index is 13.1. The molecule has 2 aliphatic rings. The smallest absolute Gasteiger partial charge is 0.248 e. The van der Waals surface area contributed by atoms with E-state index in [9.17, 15) is 13.9 Å². The number of aliphatic hydroxyl groups is 1. The minimum Gasteiger partial charge on any atom is -0.390 e. The fourth-order valence-electron chi connectivity index (χ4n) is 3.45. The van der Waals surface area contributed by atoms with E-state index in [2.05, 4.69) is 12.2 Å². The topological polar surface area (TPSA) is 32.3 Å². The van der Waals surface area contributed by atoms with Crippen LogP contribution in [-0.4, -0.2) is 28.7 Å². The Morgan fingerprint density at radius 2 is 1.72 bits per heavy atom. The SMILES string of the molecule is C[C@H]1C[C@](C)(O)CC[C@@H]1NC1CCC(F)(F)CC1. The van der Waals surface area contributed by atoms with Crippen LogP contribution >= 0.6 is 0 Å². The van der Waals surface area contributed by atoms with E-state index in [1.165, 1.54) is 0 Å². The van der Waals surface area contributed by atoms with Gasteiger partial charge in [-0.3, -0.25) is 0 Å². The fourth-order valence-corrected chi connectivity index (χ4v) is 3.45. The van der Waals surface area contributed by atoms with Gasteiger partial charge < -0.3 is 10.4 Å². The number of alkyl halides is 2. The molecule has 0 heterocycles. The molecule has 0 aliphatic heterocycles.